The Kier molecular flexibility index (Phi) is 14.2. The molecule has 1 heterocycles. The van der Waals surface area contributed by atoms with Gasteiger partial charge in [0, 0.05) is 31.7 Å². The Morgan fingerprint density at radius 2 is 1.27 bits per heavy atom. The highest BCUT2D eigenvalue weighted by Crippen LogP contribution is 2.08. The molecule has 0 bridgehead atoms. The van der Waals surface area contributed by atoms with Crippen molar-refractivity contribution in [1.29, 1.82) is 0 Å². The Morgan fingerprint density at radius 1 is 0.788 bits per heavy atom. The first kappa shape index (κ1) is 28.7. The van der Waals surface area contributed by atoms with Crippen molar-refractivity contribution in [1.82, 2.24) is 10.2 Å². The lowest BCUT2D eigenvalue weighted by atomic mass is 10.2. The molecule has 0 unspecified atom stereocenters. The first-order chi connectivity index (χ1) is 15.7. The van der Waals surface area contributed by atoms with Gasteiger partial charge in [-0.25, -0.2) is 0 Å². The van der Waals surface area contributed by atoms with Gasteiger partial charge < -0.3 is 29.0 Å². The maximum atomic E-state index is 11.7. The van der Waals surface area contributed by atoms with Gasteiger partial charge in [-0.3, -0.25) is 24.1 Å². The second-order valence-corrected chi connectivity index (χ2v) is 8.05. The van der Waals surface area contributed by atoms with Crippen molar-refractivity contribution in [3.8, 4) is 0 Å². The average Bonchev–Trinajstić information content (AvgIpc) is 3.05. The molecule has 0 spiro atoms. The molecule has 0 aliphatic carbocycles. The van der Waals surface area contributed by atoms with Crippen LogP contribution in [0.4, 0.5) is 0 Å². The summed E-state index contributed by atoms with van der Waals surface area (Å²) in [5, 5.41) is 2.66. The van der Waals surface area contributed by atoms with E-state index in [0.29, 0.717) is 59.4 Å². The van der Waals surface area contributed by atoms with Crippen molar-refractivity contribution in [2.24, 2.45) is 0 Å². The Bertz CT molecular complexity index is 641. The molecular formula is C22H36N2O9. The van der Waals surface area contributed by atoms with E-state index in [1.807, 2.05) is 20.8 Å². The molecule has 33 heavy (non-hydrogen) atoms. The van der Waals surface area contributed by atoms with Crippen molar-refractivity contribution in [2.75, 3.05) is 65.9 Å². The van der Waals surface area contributed by atoms with Gasteiger partial charge in [0.15, 0.2) is 0 Å². The van der Waals surface area contributed by atoms with Gasteiger partial charge >= 0.3 is 5.97 Å². The van der Waals surface area contributed by atoms with E-state index in [-0.39, 0.29) is 31.3 Å². The summed E-state index contributed by atoms with van der Waals surface area (Å²) in [6.07, 6.45) is 2.64. The molecule has 0 saturated heterocycles. The van der Waals surface area contributed by atoms with Crippen LogP contribution >= 0.6 is 0 Å². The third-order valence-corrected chi connectivity index (χ3v) is 4.02. The molecule has 0 saturated carbocycles. The van der Waals surface area contributed by atoms with Gasteiger partial charge in [0.2, 0.25) is 5.91 Å². The number of rotatable bonds is 18. The molecule has 0 atom stereocenters. The molecule has 0 aromatic rings. The van der Waals surface area contributed by atoms with Crippen molar-refractivity contribution in [3.63, 3.8) is 0 Å². The van der Waals surface area contributed by atoms with Gasteiger partial charge in [-0.05, 0) is 20.8 Å². The summed E-state index contributed by atoms with van der Waals surface area (Å²) >= 11 is 0. The largest absolute Gasteiger partial charge is 0.460 e. The van der Waals surface area contributed by atoms with Crippen LogP contribution in [0.1, 0.15) is 33.6 Å². The Hall–Kier alpha value is -2.34. The standard InChI is InChI=1S/C22H36N2O9/c1-22(2,3)33-21(28)7-10-29-12-14-31-16-17-32-15-13-30-11-8-23-18(25)6-9-24-19(26)4-5-20(24)27/h4-5H,6-17H2,1-3H3,(H,23,25). The van der Waals surface area contributed by atoms with Gasteiger partial charge in [0.1, 0.15) is 5.60 Å². The topological polar surface area (TPSA) is 130 Å². The number of ether oxygens (including phenoxy) is 5. The number of carbonyl (C=O) groups is 4. The van der Waals surface area contributed by atoms with Crippen molar-refractivity contribution < 1.29 is 42.9 Å². The lowest BCUT2D eigenvalue weighted by Gasteiger charge is -2.19. The number of carbonyl (C=O) groups excluding carboxylic acids is 4. The van der Waals surface area contributed by atoms with E-state index in [1.54, 1.807) is 0 Å². The molecule has 11 nitrogen and oxygen atoms in total. The first-order valence-corrected chi connectivity index (χ1v) is 11.0. The van der Waals surface area contributed by atoms with Crippen LogP contribution < -0.4 is 5.32 Å². The minimum atomic E-state index is -0.487. The summed E-state index contributed by atoms with van der Waals surface area (Å²) in [7, 11) is 0. The normalized spacial score (nSPS) is 13.6. The van der Waals surface area contributed by atoms with Gasteiger partial charge in [-0.15, -0.1) is 0 Å². The van der Waals surface area contributed by atoms with E-state index in [1.165, 1.54) is 12.2 Å². The number of nitrogens with zero attached hydrogens (tertiary/aromatic N) is 1. The smallest absolute Gasteiger partial charge is 0.308 e. The number of nitrogens with one attached hydrogen (secondary N) is 1. The van der Waals surface area contributed by atoms with E-state index in [2.05, 4.69) is 5.32 Å². The zero-order valence-electron chi connectivity index (χ0n) is 19.8. The molecule has 1 aliphatic heterocycles. The van der Waals surface area contributed by atoms with Crippen LogP contribution in [0.25, 0.3) is 0 Å². The minimum Gasteiger partial charge on any atom is -0.460 e. The second-order valence-electron chi connectivity index (χ2n) is 8.05. The summed E-state index contributed by atoms with van der Waals surface area (Å²) in [6.45, 7) is 8.89. The van der Waals surface area contributed by atoms with Gasteiger partial charge in [0.05, 0.1) is 59.3 Å². The fourth-order valence-electron chi connectivity index (χ4n) is 2.53. The fourth-order valence-corrected chi connectivity index (χ4v) is 2.53. The summed E-state index contributed by atoms with van der Waals surface area (Å²) in [4.78, 5) is 47.0. The molecule has 188 valence electrons. The quantitative estimate of drug-likeness (QED) is 0.169. The number of amides is 3. The van der Waals surface area contributed by atoms with Gasteiger partial charge in [-0.2, -0.15) is 0 Å². The van der Waals surface area contributed by atoms with E-state index in [9.17, 15) is 19.2 Å². The van der Waals surface area contributed by atoms with E-state index < -0.39 is 17.4 Å². The summed E-state index contributed by atoms with van der Waals surface area (Å²) < 4.78 is 26.6. The highest BCUT2D eigenvalue weighted by Gasteiger charge is 2.23. The van der Waals surface area contributed by atoms with E-state index in [4.69, 9.17) is 23.7 Å². The van der Waals surface area contributed by atoms with E-state index >= 15 is 0 Å². The predicted molar refractivity (Wildman–Crippen MR) is 117 cm³/mol. The van der Waals surface area contributed by atoms with Crippen LogP contribution in [0.2, 0.25) is 0 Å². The third-order valence-electron chi connectivity index (χ3n) is 4.02. The molecule has 0 aromatic carbocycles. The van der Waals surface area contributed by atoms with Crippen LogP contribution in [0, 0.1) is 0 Å². The van der Waals surface area contributed by atoms with Crippen LogP contribution in [-0.4, -0.2) is 100 Å². The lowest BCUT2D eigenvalue weighted by molar-refractivity contribution is -0.156. The molecule has 0 fully saturated rings. The number of hydrogen-bond donors (Lipinski definition) is 1. The second kappa shape index (κ2) is 16.3. The van der Waals surface area contributed by atoms with Crippen LogP contribution in [0.5, 0.6) is 0 Å². The molecular weight excluding hydrogens is 436 g/mol. The van der Waals surface area contributed by atoms with Gasteiger partial charge in [-0.1, -0.05) is 0 Å². The molecule has 11 heteroatoms. The molecule has 0 aromatic heterocycles. The molecule has 1 rings (SSSR count). The van der Waals surface area contributed by atoms with Crippen molar-refractivity contribution >= 4 is 23.7 Å². The predicted octanol–water partition coefficient (Wildman–Crippen LogP) is 0.216. The number of esters is 1. The van der Waals surface area contributed by atoms with Gasteiger partial charge in [0.25, 0.3) is 11.8 Å². The zero-order valence-corrected chi connectivity index (χ0v) is 19.8. The average molecular weight is 473 g/mol. The van der Waals surface area contributed by atoms with E-state index in [0.717, 1.165) is 4.90 Å². The molecule has 1 N–H and O–H groups in total. The Morgan fingerprint density at radius 3 is 1.79 bits per heavy atom. The van der Waals surface area contributed by atoms with Crippen molar-refractivity contribution in [2.45, 2.75) is 39.2 Å². The summed E-state index contributed by atoms with van der Waals surface area (Å²) in [5.74, 6) is -1.34. The van der Waals surface area contributed by atoms with Crippen LogP contribution in [0.15, 0.2) is 12.2 Å². The Labute approximate surface area is 194 Å². The molecule has 1 aliphatic rings. The molecule has 0 radical (unpaired) electrons. The SMILES string of the molecule is CC(C)(C)OC(=O)CCOCCOCCOCCOCCNC(=O)CCN1C(=O)C=CC1=O. The van der Waals surface area contributed by atoms with Crippen LogP contribution in [0.3, 0.4) is 0 Å². The lowest BCUT2D eigenvalue weighted by Crippen LogP contribution is -2.35. The monoisotopic (exact) mass is 472 g/mol. The number of hydrogen-bond acceptors (Lipinski definition) is 9. The third kappa shape index (κ3) is 15.2. The first-order valence-electron chi connectivity index (χ1n) is 11.0. The maximum absolute atomic E-state index is 11.7. The Balaban J connectivity index is 1.80. The summed E-state index contributed by atoms with van der Waals surface area (Å²) in [6, 6.07) is 0. The highest BCUT2D eigenvalue weighted by atomic mass is 16.6. The van der Waals surface area contributed by atoms with Crippen molar-refractivity contribution in [3.05, 3.63) is 12.2 Å². The fraction of sp³-hybridized carbons (Fsp3) is 0.727. The maximum Gasteiger partial charge on any atom is 0.308 e. The zero-order chi connectivity index (χ0) is 24.5. The summed E-state index contributed by atoms with van der Waals surface area (Å²) in [5.41, 5.74) is -0.487. The highest BCUT2D eigenvalue weighted by molar-refractivity contribution is 6.13. The number of imide groups is 1. The minimum absolute atomic E-state index is 0.0526. The molecule has 3 amide bonds. The van der Waals surface area contributed by atoms with Crippen LogP contribution in [-0.2, 0) is 42.9 Å².